The number of amides is 1. The maximum atomic E-state index is 11.6. The van der Waals surface area contributed by atoms with Crippen LogP contribution in [0.2, 0.25) is 0 Å². The molecule has 0 aliphatic rings. The molecule has 0 saturated heterocycles. The van der Waals surface area contributed by atoms with Gasteiger partial charge in [-0.1, -0.05) is 0 Å². The molecule has 88 valence electrons. The number of carbonyl (C=O) groups excluding carboxylic acids is 2. The molecule has 0 aromatic carbocycles. The average Bonchev–Trinajstić information content (AvgIpc) is 2.70. The van der Waals surface area contributed by atoms with E-state index in [1.165, 1.54) is 9.58 Å². The number of esters is 1. The highest BCUT2D eigenvalue weighted by Crippen LogP contribution is 1.92. The first-order valence-corrected chi connectivity index (χ1v) is 5.00. The van der Waals surface area contributed by atoms with Crippen molar-refractivity contribution in [1.29, 1.82) is 0 Å². The van der Waals surface area contributed by atoms with Crippen molar-refractivity contribution in [3.8, 4) is 0 Å². The summed E-state index contributed by atoms with van der Waals surface area (Å²) in [6.07, 6.45) is 3.29. The molecule has 0 spiro atoms. The van der Waals surface area contributed by atoms with Crippen molar-refractivity contribution in [2.24, 2.45) is 0 Å². The summed E-state index contributed by atoms with van der Waals surface area (Å²) in [5.74, 6) is -0.587. The molecule has 16 heavy (non-hydrogen) atoms. The lowest BCUT2D eigenvalue weighted by molar-refractivity contribution is -0.148. The first-order valence-electron chi connectivity index (χ1n) is 5.00. The van der Waals surface area contributed by atoms with Gasteiger partial charge < -0.3 is 9.64 Å². The van der Waals surface area contributed by atoms with Gasteiger partial charge in [-0.05, 0) is 13.0 Å². The van der Waals surface area contributed by atoms with Crippen molar-refractivity contribution in [2.75, 3.05) is 20.2 Å². The molecule has 1 aromatic rings. The molecule has 0 fully saturated rings. The van der Waals surface area contributed by atoms with E-state index in [0.717, 1.165) is 0 Å². The minimum absolute atomic E-state index is 0.0338. The van der Waals surface area contributed by atoms with Crippen LogP contribution in [0.4, 0.5) is 0 Å². The highest BCUT2D eigenvalue weighted by atomic mass is 16.5. The number of ether oxygens (including phenoxy) is 1. The average molecular weight is 225 g/mol. The Hall–Kier alpha value is -1.85. The first kappa shape index (κ1) is 12.2. The van der Waals surface area contributed by atoms with Crippen LogP contribution in [0.3, 0.4) is 0 Å². The normalized spacial score (nSPS) is 9.88. The molecule has 1 aromatic heterocycles. The Bertz CT molecular complexity index is 348. The van der Waals surface area contributed by atoms with E-state index >= 15 is 0 Å². The van der Waals surface area contributed by atoms with Crippen LogP contribution in [0.5, 0.6) is 0 Å². The summed E-state index contributed by atoms with van der Waals surface area (Å²) in [5, 5.41) is 3.91. The van der Waals surface area contributed by atoms with Crippen LogP contribution < -0.4 is 0 Å². The van der Waals surface area contributed by atoms with Gasteiger partial charge in [0, 0.05) is 19.4 Å². The highest BCUT2D eigenvalue weighted by molar-refractivity contribution is 5.81. The van der Waals surface area contributed by atoms with Crippen molar-refractivity contribution in [2.45, 2.75) is 13.5 Å². The van der Waals surface area contributed by atoms with Crippen LogP contribution in [0.25, 0.3) is 0 Å². The predicted octanol–water partition coefficient (Wildman–Crippen LogP) is -0.0954. The quantitative estimate of drug-likeness (QED) is 0.657. The standard InChI is InChI=1S/C10H15N3O3/c1-3-16-10(15)8-12(2)9(14)7-13-6-4-5-11-13/h4-6H,3,7-8H2,1-2H3. The summed E-state index contributed by atoms with van der Waals surface area (Å²) < 4.78 is 6.25. The van der Waals surface area contributed by atoms with Gasteiger partial charge in [-0.15, -0.1) is 0 Å². The fourth-order valence-corrected chi connectivity index (χ4v) is 1.14. The zero-order valence-corrected chi connectivity index (χ0v) is 9.42. The second kappa shape index (κ2) is 5.89. The SMILES string of the molecule is CCOC(=O)CN(C)C(=O)Cn1cccn1. The maximum Gasteiger partial charge on any atom is 0.325 e. The highest BCUT2D eigenvalue weighted by Gasteiger charge is 2.13. The number of likely N-dealkylation sites (N-methyl/N-ethyl adjacent to an activating group) is 1. The third-order valence-corrected chi connectivity index (χ3v) is 1.95. The maximum absolute atomic E-state index is 11.6. The molecule has 6 heteroatoms. The van der Waals surface area contributed by atoms with Gasteiger partial charge in [-0.25, -0.2) is 0 Å². The molecule has 1 heterocycles. The molecule has 0 N–H and O–H groups in total. The van der Waals surface area contributed by atoms with Gasteiger partial charge in [0.05, 0.1) is 6.61 Å². The summed E-state index contributed by atoms with van der Waals surface area (Å²) >= 11 is 0. The van der Waals surface area contributed by atoms with Crippen LogP contribution >= 0.6 is 0 Å². The van der Waals surface area contributed by atoms with Crippen LogP contribution in [0.1, 0.15) is 6.92 Å². The van der Waals surface area contributed by atoms with E-state index in [9.17, 15) is 9.59 Å². The molecule has 1 amide bonds. The smallest absolute Gasteiger partial charge is 0.325 e. The molecule has 0 atom stereocenters. The van der Waals surface area contributed by atoms with Gasteiger partial charge in [0.15, 0.2) is 0 Å². The lowest BCUT2D eigenvalue weighted by atomic mass is 10.5. The van der Waals surface area contributed by atoms with E-state index in [2.05, 4.69) is 5.10 Å². The van der Waals surface area contributed by atoms with Crippen molar-refractivity contribution >= 4 is 11.9 Å². The molecule has 0 bridgehead atoms. The number of rotatable bonds is 5. The minimum Gasteiger partial charge on any atom is -0.465 e. The Morgan fingerprint density at radius 1 is 1.50 bits per heavy atom. The second-order valence-electron chi connectivity index (χ2n) is 3.26. The van der Waals surface area contributed by atoms with E-state index in [1.54, 1.807) is 32.4 Å². The molecule has 0 radical (unpaired) electrons. The third-order valence-electron chi connectivity index (χ3n) is 1.95. The molecule has 0 saturated carbocycles. The van der Waals surface area contributed by atoms with Crippen LogP contribution in [-0.2, 0) is 20.9 Å². The van der Waals surface area contributed by atoms with Gasteiger partial charge in [0.25, 0.3) is 0 Å². The molecule has 0 aliphatic carbocycles. The lowest BCUT2D eigenvalue weighted by Gasteiger charge is -2.15. The number of hydrogen-bond donors (Lipinski definition) is 0. The predicted molar refractivity (Wildman–Crippen MR) is 56.5 cm³/mol. The Morgan fingerprint density at radius 3 is 2.81 bits per heavy atom. The summed E-state index contributed by atoms with van der Waals surface area (Å²) in [7, 11) is 1.56. The van der Waals surface area contributed by atoms with Crippen LogP contribution in [0.15, 0.2) is 18.5 Å². The van der Waals surface area contributed by atoms with Crippen LogP contribution in [0, 0.1) is 0 Å². The largest absolute Gasteiger partial charge is 0.465 e. The van der Waals surface area contributed by atoms with Crippen molar-refractivity contribution in [3.05, 3.63) is 18.5 Å². The second-order valence-corrected chi connectivity index (χ2v) is 3.26. The summed E-state index contributed by atoms with van der Waals surface area (Å²) in [4.78, 5) is 24.0. The van der Waals surface area contributed by atoms with Crippen molar-refractivity contribution in [3.63, 3.8) is 0 Å². The van der Waals surface area contributed by atoms with E-state index in [1.807, 2.05) is 0 Å². The number of aromatic nitrogens is 2. The molecule has 1 rings (SSSR count). The Kier molecular flexibility index (Phi) is 4.50. The van der Waals surface area contributed by atoms with Crippen molar-refractivity contribution < 1.29 is 14.3 Å². The summed E-state index contributed by atoms with van der Waals surface area (Å²) in [5.41, 5.74) is 0. The van der Waals surface area contributed by atoms with Gasteiger partial charge >= 0.3 is 5.97 Å². The van der Waals surface area contributed by atoms with Gasteiger partial charge in [-0.2, -0.15) is 5.10 Å². The zero-order valence-electron chi connectivity index (χ0n) is 9.42. The molecular formula is C10H15N3O3. The van der Waals surface area contributed by atoms with Crippen LogP contribution in [-0.4, -0.2) is 46.8 Å². The Morgan fingerprint density at radius 2 is 2.25 bits per heavy atom. The van der Waals surface area contributed by atoms with E-state index in [0.29, 0.717) is 6.61 Å². The number of hydrogen-bond acceptors (Lipinski definition) is 4. The number of carbonyl (C=O) groups is 2. The monoisotopic (exact) mass is 225 g/mol. The fraction of sp³-hybridized carbons (Fsp3) is 0.500. The third kappa shape index (κ3) is 3.72. The van der Waals surface area contributed by atoms with Gasteiger partial charge in [-0.3, -0.25) is 14.3 Å². The molecule has 0 aliphatic heterocycles. The Labute approximate surface area is 93.8 Å². The van der Waals surface area contributed by atoms with E-state index in [-0.39, 0.29) is 19.0 Å². The molecular weight excluding hydrogens is 210 g/mol. The molecule has 0 unspecified atom stereocenters. The Balaban J connectivity index is 2.39. The number of nitrogens with zero attached hydrogens (tertiary/aromatic N) is 3. The molecule has 6 nitrogen and oxygen atoms in total. The van der Waals surface area contributed by atoms with E-state index in [4.69, 9.17) is 4.74 Å². The fourth-order valence-electron chi connectivity index (χ4n) is 1.14. The lowest BCUT2D eigenvalue weighted by Crippen LogP contribution is -2.35. The van der Waals surface area contributed by atoms with E-state index < -0.39 is 5.97 Å². The van der Waals surface area contributed by atoms with Crippen molar-refractivity contribution in [1.82, 2.24) is 14.7 Å². The summed E-state index contributed by atoms with van der Waals surface area (Å²) in [6, 6.07) is 1.73. The van der Waals surface area contributed by atoms with Gasteiger partial charge in [0.2, 0.25) is 5.91 Å². The topological polar surface area (TPSA) is 64.4 Å². The zero-order chi connectivity index (χ0) is 12.0. The first-order chi connectivity index (χ1) is 7.63. The van der Waals surface area contributed by atoms with Gasteiger partial charge in [0.1, 0.15) is 13.1 Å². The minimum atomic E-state index is -0.404. The summed E-state index contributed by atoms with van der Waals surface area (Å²) in [6.45, 7) is 2.14.